The van der Waals surface area contributed by atoms with Gasteiger partial charge in [0.25, 0.3) is 0 Å². The number of hydrogen-bond donors (Lipinski definition) is 1. The second-order valence-corrected chi connectivity index (χ2v) is 4.42. The Labute approximate surface area is 110 Å². The lowest BCUT2D eigenvalue weighted by atomic mass is 10.0. The van der Waals surface area contributed by atoms with Gasteiger partial charge in [0.05, 0.1) is 6.61 Å². The van der Waals surface area contributed by atoms with E-state index in [1.165, 1.54) is 0 Å². The molecule has 6 heteroatoms. The summed E-state index contributed by atoms with van der Waals surface area (Å²) in [4.78, 5) is 11.1. The van der Waals surface area contributed by atoms with Crippen LogP contribution < -0.4 is 10.2 Å². The molecular formula is C13H14N2O4. The molecule has 0 radical (unpaired) electrons. The van der Waals surface area contributed by atoms with Crippen LogP contribution in [0.25, 0.3) is 0 Å². The van der Waals surface area contributed by atoms with Gasteiger partial charge in [-0.1, -0.05) is 12.1 Å². The molecular weight excluding hydrogens is 248 g/mol. The highest BCUT2D eigenvalue weighted by Gasteiger charge is 2.27. The molecule has 2 aliphatic rings. The highest BCUT2D eigenvalue weighted by Crippen LogP contribution is 2.23. The van der Waals surface area contributed by atoms with Crippen molar-refractivity contribution >= 4 is 11.8 Å². The molecule has 1 fully saturated rings. The summed E-state index contributed by atoms with van der Waals surface area (Å²) in [5.41, 5.74) is 3.77. The maximum atomic E-state index is 11.1. The summed E-state index contributed by atoms with van der Waals surface area (Å²) in [6.07, 6.45) is -0.758. The van der Waals surface area contributed by atoms with Crippen molar-refractivity contribution in [3.63, 3.8) is 0 Å². The molecule has 1 N–H and O–H groups in total. The standard InChI is InChI=1S/C13H14N2O4/c1-8-12(14-15-13(16)19-8)10-4-2-3-5-11(10)18-7-9-6-17-9/h2-5,8-9H,6-7H2,1H3,(H,15,16). The topological polar surface area (TPSA) is 72.5 Å². The van der Waals surface area contributed by atoms with Crippen molar-refractivity contribution in [2.24, 2.45) is 5.10 Å². The Hall–Kier alpha value is -2.08. The van der Waals surface area contributed by atoms with E-state index in [2.05, 4.69) is 10.5 Å². The molecule has 0 aromatic heterocycles. The van der Waals surface area contributed by atoms with E-state index in [4.69, 9.17) is 14.2 Å². The molecule has 3 rings (SSSR count). The number of amides is 1. The molecule has 2 aliphatic heterocycles. The van der Waals surface area contributed by atoms with Gasteiger partial charge in [-0.05, 0) is 19.1 Å². The van der Waals surface area contributed by atoms with E-state index in [-0.39, 0.29) is 6.10 Å². The van der Waals surface area contributed by atoms with Crippen LogP contribution in [0.4, 0.5) is 4.79 Å². The van der Waals surface area contributed by atoms with Gasteiger partial charge in [-0.25, -0.2) is 10.2 Å². The van der Waals surface area contributed by atoms with E-state index < -0.39 is 12.2 Å². The molecule has 1 aromatic carbocycles. The van der Waals surface area contributed by atoms with Crippen molar-refractivity contribution in [2.45, 2.75) is 19.1 Å². The van der Waals surface area contributed by atoms with Crippen molar-refractivity contribution in [3.8, 4) is 5.75 Å². The summed E-state index contributed by atoms with van der Waals surface area (Å²) in [5, 5.41) is 4.05. The maximum Gasteiger partial charge on any atom is 0.428 e. The van der Waals surface area contributed by atoms with Gasteiger partial charge in [0.15, 0.2) is 0 Å². The van der Waals surface area contributed by atoms with Crippen LogP contribution in [0, 0.1) is 0 Å². The van der Waals surface area contributed by atoms with Gasteiger partial charge in [0.1, 0.15) is 30.3 Å². The third-order valence-electron chi connectivity index (χ3n) is 2.93. The highest BCUT2D eigenvalue weighted by molar-refractivity contribution is 6.07. The van der Waals surface area contributed by atoms with Crippen molar-refractivity contribution in [1.29, 1.82) is 0 Å². The number of cyclic esters (lactones) is 1. The molecule has 1 amide bonds. The minimum atomic E-state index is -0.541. The molecule has 0 saturated carbocycles. The van der Waals surface area contributed by atoms with Crippen LogP contribution in [0.15, 0.2) is 29.4 Å². The van der Waals surface area contributed by atoms with Crippen LogP contribution in [0.2, 0.25) is 0 Å². The molecule has 2 unspecified atom stereocenters. The van der Waals surface area contributed by atoms with Crippen molar-refractivity contribution in [2.75, 3.05) is 13.2 Å². The zero-order chi connectivity index (χ0) is 13.2. The van der Waals surface area contributed by atoms with Gasteiger partial charge >= 0.3 is 6.09 Å². The van der Waals surface area contributed by atoms with Gasteiger partial charge in [-0.2, -0.15) is 5.10 Å². The number of para-hydroxylation sites is 1. The number of epoxide rings is 1. The minimum absolute atomic E-state index is 0.190. The Morgan fingerprint density at radius 2 is 2.26 bits per heavy atom. The molecule has 1 aromatic rings. The van der Waals surface area contributed by atoms with E-state index >= 15 is 0 Å². The third-order valence-corrected chi connectivity index (χ3v) is 2.93. The Bertz CT molecular complexity index is 525. The number of rotatable bonds is 4. The number of ether oxygens (including phenoxy) is 3. The fourth-order valence-corrected chi connectivity index (χ4v) is 1.87. The van der Waals surface area contributed by atoms with Crippen molar-refractivity contribution in [1.82, 2.24) is 5.43 Å². The van der Waals surface area contributed by atoms with E-state index in [0.29, 0.717) is 18.1 Å². The predicted molar refractivity (Wildman–Crippen MR) is 67.3 cm³/mol. The number of nitrogens with one attached hydrogen (secondary N) is 1. The predicted octanol–water partition coefficient (Wildman–Crippen LogP) is 1.30. The zero-order valence-electron chi connectivity index (χ0n) is 10.5. The third kappa shape index (κ3) is 2.68. The minimum Gasteiger partial charge on any atom is -0.490 e. The number of carbonyl (C=O) groups excluding carboxylic acids is 1. The summed E-state index contributed by atoms with van der Waals surface area (Å²) in [5.74, 6) is 0.711. The van der Waals surface area contributed by atoms with Gasteiger partial charge in [0.2, 0.25) is 0 Å². The van der Waals surface area contributed by atoms with Crippen LogP contribution in [0.5, 0.6) is 5.75 Å². The second kappa shape index (κ2) is 4.89. The lowest BCUT2D eigenvalue weighted by Crippen LogP contribution is -2.37. The van der Waals surface area contributed by atoms with Crippen LogP contribution in [-0.2, 0) is 9.47 Å². The van der Waals surface area contributed by atoms with Crippen LogP contribution in [-0.4, -0.2) is 37.2 Å². The van der Waals surface area contributed by atoms with Crippen molar-refractivity contribution < 1.29 is 19.0 Å². The summed E-state index contributed by atoms with van der Waals surface area (Å²) >= 11 is 0. The van der Waals surface area contributed by atoms with Gasteiger partial charge < -0.3 is 14.2 Å². The number of carbonyl (C=O) groups is 1. The van der Waals surface area contributed by atoms with E-state index in [1.807, 2.05) is 24.3 Å². The first-order chi connectivity index (χ1) is 9.24. The normalized spacial score (nSPS) is 25.1. The number of hydrogen-bond acceptors (Lipinski definition) is 5. The van der Waals surface area contributed by atoms with Gasteiger partial charge in [-0.3, -0.25) is 0 Å². The fraction of sp³-hybridized carbons (Fsp3) is 0.385. The monoisotopic (exact) mass is 262 g/mol. The first-order valence-corrected chi connectivity index (χ1v) is 6.12. The Morgan fingerprint density at radius 3 is 3.00 bits per heavy atom. The summed E-state index contributed by atoms with van der Waals surface area (Å²) in [6, 6.07) is 7.53. The van der Waals surface area contributed by atoms with Gasteiger partial charge in [-0.15, -0.1) is 0 Å². The lowest BCUT2D eigenvalue weighted by molar-refractivity contribution is 0.127. The molecule has 1 saturated heterocycles. The summed E-state index contributed by atoms with van der Waals surface area (Å²) in [7, 11) is 0. The number of nitrogens with zero attached hydrogens (tertiary/aromatic N) is 1. The van der Waals surface area contributed by atoms with Crippen molar-refractivity contribution in [3.05, 3.63) is 29.8 Å². The van der Waals surface area contributed by atoms with Crippen LogP contribution in [0.3, 0.4) is 0 Å². The SMILES string of the molecule is CC1OC(=O)NN=C1c1ccccc1OCC1CO1. The molecule has 0 bridgehead atoms. The first-order valence-electron chi connectivity index (χ1n) is 6.12. The van der Waals surface area contributed by atoms with E-state index in [0.717, 1.165) is 12.2 Å². The molecule has 2 atom stereocenters. The lowest BCUT2D eigenvalue weighted by Gasteiger charge is -2.21. The molecule has 19 heavy (non-hydrogen) atoms. The number of benzene rings is 1. The Kier molecular flexibility index (Phi) is 3.08. The Morgan fingerprint density at radius 1 is 1.47 bits per heavy atom. The fourth-order valence-electron chi connectivity index (χ4n) is 1.87. The molecule has 6 nitrogen and oxygen atoms in total. The molecule has 100 valence electrons. The highest BCUT2D eigenvalue weighted by atomic mass is 16.6. The number of hydrazone groups is 1. The summed E-state index contributed by atoms with van der Waals surface area (Å²) < 4.78 is 15.9. The first kappa shape index (κ1) is 12.0. The Balaban J connectivity index is 1.84. The zero-order valence-corrected chi connectivity index (χ0v) is 10.5. The molecule has 2 heterocycles. The van der Waals surface area contributed by atoms with Gasteiger partial charge in [0, 0.05) is 5.56 Å². The quantitative estimate of drug-likeness (QED) is 0.830. The average molecular weight is 262 g/mol. The van der Waals surface area contributed by atoms with E-state index in [1.54, 1.807) is 6.92 Å². The van der Waals surface area contributed by atoms with Crippen LogP contribution in [0.1, 0.15) is 12.5 Å². The average Bonchev–Trinajstić information content (AvgIpc) is 3.21. The molecule has 0 spiro atoms. The summed E-state index contributed by atoms with van der Waals surface area (Å²) in [6.45, 7) is 3.04. The maximum absolute atomic E-state index is 11.1. The smallest absolute Gasteiger partial charge is 0.428 e. The van der Waals surface area contributed by atoms with E-state index in [9.17, 15) is 4.79 Å². The largest absolute Gasteiger partial charge is 0.490 e. The second-order valence-electron chi connectivity index (χ2n) is 4.42. The molecule has 0 aliphatic carbocycles. The van der Waals surface area contributed by atoms with Crippen LogP contribution >= 0.6 is 0 Å².